The zero-order valence-corrected chi connectivity index (χ0v) is 12.4. The Morgan fingerprint density at radius 3 is 2.38 bits per heavy atom. The summed E-state index contributed by atoms with van der Waals surface area (Å²) >= 11 is 0. The van der Waals surface area contributed by atoms with Crippen molar-refractivity contribution < 1.29 is 14.4 Å². The number of amides is 3. The molecule has 1 saturated carbocycles. The average Bonchev–Trinajstić information content (AvgIpc) is 2.74. The summed E-state index contributed by atoms with van der Waals surface area (Å²) in [7, 11) is 1.63. The lowest BCUT2D eigenvalue weighted by atomic mass is 9.81. The third-order valence-electron chi connectivity index (χ3n) is 4.47. The van der Waals surface area contributed by atoms with Gasteiger partial charge in [-0.15, -0.1) is 0 Å². The summed E-state index contributed by atoms with van der Waals surface area (Å²) in [4.78, 5) is 39.1. The van der Waals surface area contributed by atoms with Crippen LogP contribution in [0.1, 0.15) is 38.5 Å². The van der Waals surface area contributed by atoms with Gasteiger partial charge in [-0.1, -0.05) is 12.8 Å². The molecule has 0 aromatic rings. The molecular weight excluding hydrogens is 270 g/mol. The number of fused-ring (bicyclic) bond motifs is 1. The van der Waals surface area contributed by atoms with Gasteiger partial charge in [-0.3, -0.25) is 19.3 Å². The van der Waals surface area contributed by atoms with Gasteiger partial charge in [0.05, 0.1) is 24.3 Å². The quantitative estimate of drug-likeness (QED) is 0.705. The first kappa shape index (κ1) is 15.5. The van der Waals surface area contributed by atoms with Crippen molar-refractivity contribution in [1.29, 1.82) is 5.26 Å². The van der Waals surface area contributed by atoms with Crippen LogP contribution in [0.5, 0.6) is 0 Å². The largest absolute Gasteiger partial charge is 0.345 e. The van der Waals surface area contributed by atoms with E-state index in [1.165, 1.54) is 9.80 Å². The van der Waals surface area contributed by atoms with Gasteiger partial charge in [-0.05, 0) is 12.8 Å². The fourth-order valence-electron chi connectivity index (χ4n) is 3.19. The molecule has 6 heteroatoms. The van der Waals surface area contributed by atoms with Gasteiger partial charge in [0.2, 0.25) is 17.7 Å². The molecule has 21 heavy (non-hydrogen) atoms. The van der Waals surface area contributed by atoms with E-state index >= 15 is 0 Å². The molecule has 0 radical (unpaired) electrons. The normalized spacial score (nSPS) is 24.7. The first-order valence-corrected chi connectivity index (χ1v) is 7.52. The number of nitrogens with zero attached hydrogens (tertiary/aromatic N) is 3. The van der Waals surface area contributed by atoms with E-state index in [1.807, 2.05) is 6.07 Å². The number of carbonyl (C=O) groups is 3. The molecule has 2 fully saturated rings. The number of imide groups is 1. The number of likely N-dealkylation sites (tertiary alicyclic amines) is 1. The Labute approximate surface area is 124 Å². The van der Waals surface area contributed by atoms with Crippen LogP contribution in [-0.2, 0) is 14.4 Å². The van der Waals surface area contributed by atoms with Crippen molar-refractivity contribution in [3.05, 3.63) is 0 Å². The minimum absolute atomic E-state index is 0.0998. The third-order valence-corrected chi connectivity index (χ3v) is 4.47. The predicted molar refractivity (Wildman–Crippen MR) is 74.7 cm³/mol. The molecule has 2 unspecified atom stereocenters. The van der Waals surface area contributed by atoms with E-state index in [0.29, 0.717) is 6.54 Å². The Balaban J connectivity index is 1.88. The highest BCUT2D eigenvalue weighted by Crippen LogP contribution is 2.37. The van der Waals surface area contributed by atoms with E-state index in [0.717, 1.165) is 25.7 Å². The number of hydrogen-bond acceptors (Lipinski definition) is 4. The smallest absolute Gasteiger partial charge is 0.233 e. The van der Waals surface area contributed by atoms with Crippen molar-refractivity contribution in [2.24, 2.45) is 11.8 Å². The molecule has 114 valence electrons. The van der Waals surface area contributed by atoms with E-state index in [1.54, 1.807) is 7.05 Å². The van der Waals surface area contributed by atoms with E-state index in [2.05, 4.69) is 0 Å². The predicted octanol–water partition coefficient (Wildman–Crippen LogP) is 0.924. The second-order valence-corrected chi connectivity index (χ2v) is 5.80. The zero-order valence-electron chi connectivity index (χ0n) is 12.4. The zero-order chi connectivity index (χ0) is 15.4. The Morgan fingerprint density at radius 1 is 1.29 bits per heavy atom. The second kappa shape index (κ2) is 6.70. The lowest BCUT2D eigenvalue weighted by Crippen LogP contribution is -2.36. The number of carbonyl (C=O) groups excluding carboxylic acids is 3. The van der Waals surface area contributed by atoms with Gasteiger partial charge in [0.1, 0.15) is 0 Å². The number of hydrogen-bond donors (Lipinski definition) is 0. The molecule has 1 aliphatic carbocycles. The Bertz CT molecular complexity index is 459. The molecule has 0 bridgehead atoms. The SMILES string of the molecule is CN(CCC#N)C(=O)CCN1C(=O)C2CCCCC2C1=O. The topological polar surface area (TPSA) is 81.5 Å². The summed E-state index contributed by atoms with van der Waals surface area (Å²) in [5.41, 5.74) is 0. The van der Waals surface area contributed by atoms with Crippen LogP contribution in [0.2, 0.25) is 0 Å². The van der Waals surface area contributed by atoms with Gasteiger partial charge in [0, 0.05) is 26.6 Å². The van der Waals surface area contributed by atoms with Crippen LogP contribution in [0.4, 0.5) is 0 Å². The summed E-state index contributed by atoms with van der Waals surface area (Å²) in [5.74, 6) is -0.648. The highest BCUT2D eigenvalue weighted by Gasteiger charge is 2.47. The van der Waals surface area contributed by atoms with E-state index in [4.69, 9.17) is 5.26 Å². The third kappa shape index (κ3) is 3.23. The fraction of sp³-hybridized carbons (Fsp3) is 0.733. The standard InChI is InChI=1S/C15H21N3O3/c1-17(9-4-8-16)13(19)7-10-18-14(20)11-5-2-3-6-12(11)15(18)21/h11-12H,2-7,9-10H2,1H3. The van der Waals surface area contributed by atoms with Crippen LogP contribution < -0.4 is 0 Å². The van der Waals surface area contributed by atoms with Crippen LogP contribution in [0, 0.1) is 23.2 Å². The van der Waals surface area contributed by atoms with Gasteiger partial charge in [0.25, 0.3) is 0 Å². The van der Waals surface area contributed by atoms with Crippen LogP contribution in [0.15, 0.2) is 0 Å². The minimum Gasteiger partial charge on any atom is -0.345 e. The Kier molecular flexibility index (Phi) is 4.94. The van der Waals surface area contributed by atoms with Gasteiger partial charge >= 0.3 is 0 Å². The number of nitriles is 1. The van der Waals surface area contributed by atoms with Crippen molar-refractivity contribution >= 4 is 17.7 Å². The van der Waals surface area contributed by atoms with Gasteiger partial charge in [0.15, 0.2) is 0 Å². The molecule has 1 heterocycles. The van der Waals surface area contributed by atoms with Crippen molar-refractivity contribution in [3.8, 4) is 6.07 Å². The van der Waals surface area contributed by atoms with E-state index in [-0.39, 0.29) is 48.9 Å². The highest BCUT2D eigenvalue weighted by atomic mass is 16.2. The van der Waals surface area contributed by atoms with Crippen LogP contribution in [-0.4, -0.2) is 47.7 Å². The molecule has 6 nitrogen and oxygen atoms in total. The summed E-state index contributed by atoms with van der Waals surface area (Å²) in [6, 6.07) is 1.99. The molecule has 0 spiro atoms. The van der Waals surface area contributed by atoms with Gasteiger partial charge < -0.3 is 4.90 Å². The van der Waals surface area contributed by atoms with Crippen LogP contribution in [0.3, 0.4) is 0 Å². The maximum Gasteiger partial charge on any atom is 0.233 e. The fourth-order valence-corrected chi connectivity index (χ4v) is 3.19. The lowest BCUT2D eigenvalue weighted by molar-refractivity contribution is -0.140. The summed E-state index contributed by atoms with van der Waals surface area (Å²) in [5, 5.41) is 8.50. The molecule has 0 aromatic heterocycles. The number of rotatable bonds is 5. The van der Waals surface area contributed by atoms with Gasteiger partial charge in [-0.2, -0.15) is 5.26 Å². The van der Waals surface area contributed by atoms with Crippen LogP contribution in [0.25, 0.3) is 0 Å². The Hall–Kier alpha value is -1.90. The van der Waals surface area contributed by atoms with Crippen molar-refractivity contribution in [1.82, 2.24) is 9.80 Å². The van der Waals surface area contributed by atoms with Crippen molar-refractivity contribution in [2.45, 2.75) is 38.5 Å². The molecule has 3 amide bonds. The van der Waals surface area contributed by atoms with E-state index < -0.39 is 0 Å². The summed E-state index contributed by atoms with van der Waals surface area (Å²) in [6.07, 6.45) is 4.02. The van der Waals surface area contributed by atoms with E-state index in [9.17, 15) is 14.4 Å². The molecular formula is C15H21N3O3. The molecule has 0 N–H and O–H groups in total. The maximum absolute atomic E-state index is 12.2. The highest BCUT2D eigenvalue weighted by molar-refractivity contribution is 6.05. The minimum atomic E-state index is -0.155. The average molecular weight is 291 g/mol. The molecule has 1 saturated heterocycles. The summed E-state index contributed by atoms with van der Waals surface area (Å²) in [6.45, 7) is 0.545. The molecule has 0 aromatic carbocycles. The molecule has 2 atom stereocenters. The lowest BCUT2D eigenvalue weighted by Gasteiger charge is -2.19. The second-order valence-electron chi connectivity index (χ2n) is 5.80. The molecule has 2 rings (SSSR count). The van der Waals surface area contributed by atoms with Crippen LogP contribution >= 0.6 is 0 Å². The monoisotopic (exact) mass is 291 g/mol. The van der Waals surface area contributed by atoms with Crippen molar-refractivity contribution in [2.75, 3.05) is 20.1 Å². The summed E-state index contributed by atoms with van der Waals surface area (Å²) < 4.78 is 0. The van der Waals surface area contributed by atoms with Crippen molar-refractivity contribution in [3.63, 3.8) is 0 Å². The first-order valence-electron chi connectivity index (χ1n) is 7.52. The van der Waals surface area contributed by atoms with Gasteiger partial charge in [-0.25, -0.2) is 0 Å². The molecule has 2 aliphatic rings. The maximum atomic E-state index is 12.2. The first-order chi connectivity index (χ1) is 10.1. The molecule has 1 aliphatic heterocycles. The Morgan fingerprint density at radius 2 is 1.86 bits per heavy atom.